The molecule has 3 rings (SSSR count). The first kappa shape index (κ1) is 11.5. The molecule has 1 aromatic carbocycles. The lowest BCUT2D eigenvalue weighted by molar-refractivity contribution is 0.0794. The first-order valence-corrected chi connectivity index (χ1v) is 6.47. The summed E-state index contributed by atoms with van der Waals surface area (Å²) in [4.78, 5) is 18.4. The number of halogens is 1. The molecule has 1 fully saturated rings. The highest BCUT2D eigenvalue weighted by molar-refractivity contribution is 6.34. The Morgan fingerprint density at radius 2 is 1.83 bits per heavy atom. The number of carbonyl (C=O) groups is 1. The zero-order valence-electron chi connectivity index (χ0n) is 9.90. The van der Waals surface area contributed by atoms with E-state index in [1.54, 1.807) is 6.20 Å². The number of hydrogen-bond acceptors (Lipinski definition) is 2. The van der Waals surface area contributed by atoms with E-state index in [1.807, 2.05) is 29.2 Å². The molecule has 0 aliphatic carbocycles. The molecule has 0 bridgehead atoms. The van der Waals surface area contributed by atoms with Crippen LogP contribution in [0.5, 0.6) is 0 Å². The summed E-state index contributed by atoms with van der Waals surface area (Å²) in [5.74, 6) is 0.0628. The van der Waals surface area contributed by atoms with E-state index in [0.717, 1.165) is 36.7 Å². The molecule has 92 valence electrons. The lowest BCUT2D eigenvalue weighted by Crippen LogP contribution is -2.27. The van der Waals surface area contributed by atoms with Crippen LogP contribution in [0.25, 0.3) is 10.8 Å². The predicted octanol–water partition coefficient (Wildman–Crippen LogP) is 3.12. The number of pyridine rings is 1. The average molecular weight is 261 g/mol. The third-order valence-electron chi connectivity index (χ3n) is 3.37. The largest absolute Gasteiger partial charge is 0.339 e. The van der Waals surface area contributed by atoms with Crippen molar-refractivity contribution in [3.8, 4) is 0 Å². The summed E-state index contributed by atoms with van der Waals surface area (Å²) in [7, 11) is 0. The highest BCUT2D eigenvalue weighted by Gasteiger charge is 2.21. The Morgan fingerprint density at radius 1 is 1.17 bits per heavy atom. The molecule has 1 aliphatic rings. The van der Waals surface area contributed by atoms with Crippen LogP contribution < -0.4 is 0 Å². The van der Waals surface area contributed by atoms with Crippen molar-refractivity contribution in [3.63, 3.8) is 0 Å². The van der Waals surface area contributed by atoms with Crippen LogP contribution in [0, 0.1) is 0 Å². The summed E-state index contributed by atoms with van der Waals surface area (Å²) in [5, 5.41) is 2.17. The normalized spacial score (nSPS) is 15.3. The number of hydrogen-bond donors (Lipinski definition) is 0. The molecule has 0 N–H and O–H groups in total. The second kappa shape index (κ2) is 4.58. The maximum Gasteiger partial charge on any atom is 0.256 e. The maximum absolute atomic E-state index is 12.4. The minimum absolute atomic E-state index is 0.0628. The summed E-state index contributed by atoms with van der Waals surface area (Å²) in [6, 6.07) is 7.64. The molecule has 0 unspecified atom stereocenters. The lowest BCUT2D eigenvalue weighted by Gasteiger charge is -2.16. The Labute approximate surface area is 110 Å². The van der Waals surface area contributed by atoms with E-state index >= 15 is 0 Å². The van der Waals surface area contributed by atoms with Crippen LogP contribution in [-0.4, -0.2) is 28.9 Å². The molecule has 1 amide bonds. The monoisotopic (exact) mass is 260 g/mol. The average Bonchev–Trinajstić information content (AvgIpc) is 2.93. The van der Waals surface area contributed by atoms with Gasteiger partial charge in [-0.05, 0) is 18.2 Å². The molecule has 1 aliphatic heterocycles. The number of amides is 1. The topological polar surface area (TPSA) is 33.2 Å². The summed E-state index contributed by atoms with van der Waals surface area (Å²) < 4.78 is 0. The van der Waals surface area contributed by atoms with Gasteiger partial charge in [-0.15, -0.1) is 0 Å². The van der Waals surface area contributed by atoms with Gasteiger partial charge in [0.25, 0.3) is 5.91 Å². The summed E-state index contributed by atoms with van der Waals surface area (Å²) in [6.07, 6.45) is 3.76. The first-order valence-electron chi connectivity index (χ1n) is 6.10. The molecule has 18 heavy (non-hydrogen) atoms. The third-order valence-corrected chi connectivity index (χ3v) is 3.67. The van der Waals surface area contributed by atoms with Crippen molar-refractivity contribution in [3.05, 3.63) is 41.2 Å². The van der Waals surface area contributed by atoms with Gasteiger partial charge in [0.1, 0.15) is 5.15 Å². The second-order valence-electron chi connectivity index (χ2n) is 4.51. The third kappa shape index (κ3) is 1.85. The lowest BCUT2D eigenvalue weighted by atomic mass is 10.1. The van der Waals surface area contributed by atoms with Crippen LogP contribution in [0.4, 0.5) is 0 Å². The van der Waals surface area contributed by atoms with Gasteiger partial charge in [0, 0.05) is 24.7 Å². The Hall–Kier alpha value is -1.61. The van der Waals surface area contributed by atoms with Gasteiger partial charge in [-0.2, -0.15) is 0 Å². The van der Waals surface area contributed by atoms with Crippen molar-refractivity contribution in [2.75, 3.05) is 13.1 Å². The number of rotatable bonds is 1. The van der Waals surface area contributed by atoms with Gasteiger partial charge in [-0.3, -0.25) is 4.79 Å². The van der Waals surface area contributed by atoms with Crippen molar-refractivity contribution >= 4 is 28.3 Å². The first-order chi connectivity index (χ1) is 8.77. The Balaban J connectivity index is 2.11. The van der Waals surface area contributed by atoms with Crippen molar-refractivity contribution in [2.24, 2.45) is 0 Å². The van der Waals surface area contributed by atoms with Crippen molar-refractivity contribution < 1.29 is 4.79 Å². The standard InChI is InChI=1S/C14H13ClN2O/c15-13-11-6-2-1-5-10(11)12(9-16-13)14(18)17-7-3-4-8-17/h1-2,5-6,9H,3-4,7-8H2. The highest BCUT2D eigenvalue weighted by atomic mass is 35.5. The van der Waals surface area contributed by atoms with E-state index in [9.17, 15) is 4.79 Å². The number of carbonyl (C=O) groups excluding carboxylic acids is 1. The number of nitrogens with zero attached hydrogens (tertiary/aromatic N) is 2. The predicted molar refractivity (Wildman–Crippen MR) is 71.9 cm³/mol. The fourth-order valence-electron chi connectivity index (χ4n) is 2.42. The van der Waals surface area contributed by atoms with Gasteiger partial charge in [0.05, 0.1) is 5.56 Å². The zero-order valence-corrected chi connectivity index (χ0v) is 10.7. The molecule has 1 saturated heterocycles. The molecular formula is C14H13ClN2O. The van der Waals surface area contributed by atoms with Crippen LogP contribution in [0.1, 0.15) is 23.2 Å². The van der Waals surface area contributed by atoms with Gasteiger partial charge >= 0.3 is 0 Å². The van der Waals surface area contributed by atoms with E-state index in [0.29, 0.717) is 10.7 Å². The van der Waals surface area contributed by atoms with Crippen LogP contribution in [-0.2, 0) is 0 Å². The van der Waals surface area contributed by atoms with E-state index in [1.165, 1.54) is 0 Å². The number of fused-ring (bicyclic) bond motifs is 1. The smallest absolute Gasteiger partial charge is 0.256 e. The molecular weight excluding hydrogens is 248 g/mol. The van der Waals surface area contributed by atoms with Gasteiger partial charge in [-0.1, -0.05) is 35.9 Å². The van der Waals surface area contributed by atoms with Gasteiger partial charge in [0.2, 0.25) is 0 Å². The SMILES string of the molecule is O=C(c1cnc(Cl)c2ccccc12)N1CCCC1. The Morgan fingerprint density at radius 3 is 2.56 bits per heavy atom. The van der Waals surface area contributed by atoms with E-state index < -0.39 is 0 Å². The molecule has 2 heterocycles. The molecule has 0 spiro atoms. The molecule has 0 atom stereocenters. The maximum atomic E-state index is 12.4. The van der Waals surface area contributed by atoms with Crippen molar-refractivity contribution in [1.82, 2.24) is 9.88 Å². The van der Waals surface area contributed by atoms with Crippen molar-refractivity contribution in [2.45, 2.75) is 12.8 Å². The van der Waals surface area contributed by atoms with E-state index in [4.69, 9.17) is 11.6 Å². The second-order valence-corrected chi connectivity index (χ2v) is 4.87. The molecule has 1 aromatic heterocycles. The minimum Gasteiger partial charge on any atom is -0.339 e. The molecule has 4 heteroatoms. The number of aromatic nitrogens is 1. The highest BCUT2D eigenvalue weighted by Crippen LogP contribution is 2.25. The van der Waals surface area contributed by atoms with E-state index in [2.05, 4.69) is 4.98 Å². The van der Waals surface area contributed by atoms with Crippen LogP contribution >= 0.6 is 11.6 Å². The summed E-state index contributed by atoms with van der Waals surface area (Å²) >= 11 is 6.06. The fourth-order valence-corrected chi connectivity index (χ4v) is 2.63. The van der Waals surface area contributed by atoms with Gasteiger partial charge in [0.15, 0.2) is 0 Å². The van der Waals surface area contributed by atoms with E-state index in [-0.39, 0.29) is 5.91 Å². The minimum atomic E-state index is 0.0628. The van der Waals surface area contributed by atoms with Crippen molar-refractivity contribution in [1.29, 1.82) is 0 Å². The Kier molecular flexibility index (Phi) is 2.92. The van der Waals surface area contributed by atoms with Gasteiger partial charge in [-0.25, -0.2) is 4.98 Å². The number of benzene rings is 1. The molecule has 0 saturated carbocycles. The van der Waals surface area contributed by atoms with Gasteiger partial charge < -0.3 is 4.90 Å². The molecule has 3 nitrogen and oxygen atoms in total. The van der Waals surface area contributed by atoms with Crippen LogP contribution in [0.15, 0.2) is 30.5 Å². The van der Waals surface area contributed by atoms with Crippen LogP contribution in [0.2, 0.25) is 5.15 Å². The Bertz CT molecular complexity index is 606. The number of likely N-dealkylation sites (tertiary alicyclic amines) is 1. The van der Waals surface area contributed by atoms with Crippen LogP contribution in [0.3, 0.4) is 0 Å². The molecule has 0 radical (unpaired) electrons. The quantitative estimate of drug-likeness (QED) is 0.738. The molecule has 2 aromatic rings. The zero-order chi connectivity index (χ0) is 12.5. The fraction of sp³-hybridized carbons (Fsp3) is 0.286. The summed E-state index contributed by atoms with van der Waals surface area (Å²) in [6.45, 7) is 1.69. The summed E-state index contributed by atoms with van der Waals surface area (Å²) in [5.41, 5.74) is 0.650.